The fraction of sp³-hybridized carbons (Fsp3) is 0.120. The minimum atomic E-state index is -0.00617. The van der Waals surface area contributed by atoms with Crippen molar-refractivity contribution in [1.82, 2.24) is 18.9 Å². The summed E-state index contributed by atoms with van der Waals surface area (Å²) in [4.78, 5) is 10.4. The molecule has 55 heavy (non-hydrogen) atoms. The van der Waals surface area contributed by atoms with E-state index in [0.29, 0.717) is 0 Å². The lowest BCUT2D eigenvalue weighted by molar-refractivity contribution is 0.484. The molecule has 0 amide bonds. The molecule has 266 valence electrons. The Bertz CT molecular complexity index is 3140. The number of aryl methyl sites for hydroxylation is 2. The summed E-state index contributed by atoms with van der Waals surface area (Å²) in [6, 6.07) is 51.4. The van der Waals surface area contributed by atoms with Gasteiger partial charge in [-0.3, -0.25) is 8.97 Å². The van der Waals surface area contributed by atoms with Crippen molar-refractivity contribution in [3.63, 3.8) is 0 Å². The van der Waals surface area contributed by atoms with E-state index in [2.05, 4.69) is 189 Å². The number of ether oxygens (including phenoxy) is 1. The van der Waals surface area contributed by atoms with Crippen molar-refractivity contribution >= 4 is 49.1 Å². The van der Waals surface area contributed by atoms with Crippen LogP contribution in [0.1, 0.15) is 37.5 Å². The molecule has 0 aliphatic heterocycles. The number of benzene rings is 6. The molecule has 0 aliphatic carbocycles. The normalized spacial score (nSPS) is 12.1. The number of para-hydroxylation sites is 2. The number of fused-ring (bicyclic) bond motifs is 9. The van der Waals surface area contributed by atoms with Gasteiger partial charge in [0.15, 0.2) is 0 Å². The minimum Gasteiger partial charge on any atom is -0.457 e. The van der Waals surface area contributed by atoms with Crippen LogP contribution in [-0.4, -0.2) is 18.9 Å². The van der Waals surface area contributed by atoms with Gasteiger partial charge in [-0.15, -0.1) is 0 Å². The van der Waals surface area contributed by atoms with E-state index in [9.17, 15) is 0 Å². The van der Waals surface area contributed by atoms with E-state index < -0.39 is 0 Å². The maximum Gasteiger partial charge on any atom is 0.146 e. The van der Waals surface area contributed by atoms with Crippen molar-refractivity contribution in [3.8, 4) is 39.8 Å². The highest BCUT2D eigenvalue weighted by atomic mass is 16.5. The maximum absolute atomic E-state index is 6.79. The fourth-order valence-electron chi connectivity index (χ4n) is 8.26. The molecule has 6 aromatic carbocycles. The van der Waals surface area contributed by atoms with Crippen molar-refractivity contribution in [1.29, 1.82) is 0 Å². The molecule has 0 radical (unpaired) electrons. The quantitative estimate of drug-likeness (QED) is 0.167. The molecule has 5 heteroatoms. The molecule has 0 fully saturated rings. The van der Waals surface area contributed by atoms with Gasteiger partial charge in [0.1, 0.15) is 23.0 Å². The van der Waals surface area contributed by atoms with E-state index in [1.807, 2.05) is 6.20 Å². The third-order valence-corrected chi connectivity index (χ3v) is 11.1. The highest BCUT2D eigenvalue weighted by molar-refractivity contribution is 6.14. The molecule has 0 saturated heterocycles. The third kappa shape index (κ3) is 5.30. The van der Waals surface area contributed by atoms with Crippen LogP contribution in [0.2, 0.25) is 0 Å². The first kappa shape index (κ1) is 32.9. The van der Waals surface area contributed by atoms with Crippen molar-refractivity contribution in [2.45, 2.75) is 40.0 Å². The number of nitrogens with zero attached hydrogens (tertiary/aromatic N) is 4. The zero-order valence-corrected chi connectivity index (χ0v) is 31.6. The van der Waals surface area contributed by atoms with Crippen molar-refractivity contribution in [3.05, 3.63) is 168 Å². The summed E-state index contributed by atoms with van der Waals surface area (Å²) in [6.45, 7) is 11.1. The molecule has 0 atom stereocenters. The van der Waals surface area contributed by atoms with Gasteiger partial charge >= 0.3 is 0 Å². The zero-order valence-electron chi connectivity index (χ0n) is 31.6. The number of hydrogen-bond donors (Lipinski definition) is 0. The molecule has 0 saturated carbocycles. The van der Waals surface area contributed by atoms with E-state index in [0.717, 1.165) is 83.6 Å². The van der Waals surface area contributed by atoms with Crippen molar-refractivity contribution in [2.75, 3.05) is 0 Å². The molecular weight excluding hydrogens is 673 g/mol. The fourth-order valence-corrected chi connectivity index (χ4v) is 8.26. The van der Waals surface area contributed by atoms with Gasteiger partial charge in [0.05, 0.1) is 27.9 Å². The topological polar surface area (TPSA) is 44.3 Å². The molecular formula is C50H40N4O. The second-order valence-corrected chi connectivity index (χ2v) is 15.6. The van der Waals surface area contributed by atoms with Crippen LogP contribution in [0.15, 0.2) is 152 Å². The molecule has 0 aliphatic rings. The van der Waals surface area contributed by atoms with Gasteiger partial charge in [-0.05, 0) is 95.9 Å². The zero-order chi connectivity index (χ0) is 37.4. The standard InChI is InChI=1S/C50H40N4O/c1-31-14-6-8-16-36(31)47-48(37-17-9-7-15-32(37)2)54-44-21-13-10-18-39(44)38-24-22-34(29-42(38)49(54)52-47)55-35-23-25-41-40-19-11-12-20-43(40)53(45(41)30-35)46-28-33(26-27-51-46)50(3,4)5/h6-30H,1-5H3. The Morgan fingerprint density at radius 3 is 1.85 bits per heavy atom. The minimum absolute atomic E-state index is 0.00617. The molecule has 0 unspecified atom stereocenters. The monoisotopic (exact) mass is 712 g/mol. The maximum atomic E-state index is 6.79. The summed E-state index contributed by atoms with van der Waals surface area (Å²) in [5.74, 6) is 2.39. The smallest absolute Gasteiger partial charge is 0.146 e. The lowest BCUT2D eigenvalue weighted by Gasteiger charge is -2.20. The third-order valence-electron chi connectivity index (χ3n) is 11.1. The summed E-state index contributed by atoms with van der Waals surface area (Å²) >= 11 is 0. The van der Waals surface area contributed by atoms with Crippen LogP contribution in [-0.2, 0) is 5.41 Å². The second kappa shape index (κ2) is 12.4. The summed E-state index contributed by atoms with van der Waals surface area (Å²) in [6.07, 6.45) is 1.92. The van der Waals surface area contributed by atoms with E-state index in [1.165, 1.54) is 22.1 Å². The van der Waals surface area contributed by atoms with E-state index in [1.54, 1.807) is 0 Å². The highest BCUT2D eigenvalue weighted by Gasteiger charge is 2.23. The lowest BCUT2D eigenvalue weighted by Crippen LogP contribution is -2.12. The van der Waals surface area contributed by atoms with Crippen LogP contribution < -0.4 is 4.74 Å². The van der Waals surface area contributed by atoms with Gasteiger partial charge in [0.2, 0.25) is 0 Å². The number of rotatable bonds is 5. The first-order valence-electron chi connectivity index (χ1n) is 18.9. The summed E-state index contributed by atoms with van der Waals surface area (Å²) in [5, 5.41) is 5.66. The molecule has 10 aromatic rings. The van der Waals surface area contributed by atoms with Gasteiger partial charge in [-0.1, -0.05) is 106 Å². The van der Waals surface area contributed by atoms with Gasteiger partial charge in [-0.25, -0.2) is 9.97 Å². The number of hydrogen-bond acceptors (Lipinski definition) is 3. The van der Waals surface area contributed by atoms with E-state index in [4.69, 9.17) is 14.7 Å². The summed E-state index contributed by atoms with van der Waals surface area (Å²) in [7, 11) is 0. The highest BCUT2D eigenvalue weighted by Crippen LogP contribution is 2.42. The average Bonchev–Trinajstić information content (AvgIpc) is 3.75. The van der Waals surface area contributed by atoms with E-state index >= 15 is 0 Å². The Labute approximate surface area is 320 Å². The first-order chi connectivity index (χ1) is 26.7. The number of pyridine rings is 2. The molecule has 10 rings (SSSR count). The largest absolute Gasteiger partial charge is 0.457 e. The van der Waals surface area contributed by atoms with Crippen molar-refractivity contribution in [2.24, 2.45) is 0 Å². The van der Waals surface area contributed by atoms with E-state index in [-0.39, 0.29) is 5.41 Å². The molecule has 0 spiro atoms. The molecule has 0 bridgehead atoms. The second-order valence-electron chi connectivity index (χ2n) is 15.6. The Morgan fingerprint density at radius 1 is 0.527 bits per heavy atom. The molecule has 5 nitrogen and oxygen atoms in total. The van der Waals surface area contributed by atoms with Crippen molar-refractivity contribution < 1.29 is 4.74 Å². The van der Waals surface area contributed by atoms with Crippen LogP contribution in [0.5, 0.6) is 11.5 Å². The Morgan fingerprint density at radius 2 is 1.13 bits per heavy atom. The average molecular weight is 713 g/mol. The van der Waals surface area contributed by atoms with Crippen LogP contribution in [0.4, 0.5) is 0 Å². The van der Waals surface area contributed by atoms with Crippen LogP contribution in [0, 0.1) is 13.8 Å². The molecule has 4 heterocycles. The number of aromatic nitrogens is 4. The van der Waals surface area contributed by atoms with Crippen LogP contribution >= 0.6 is 0 Å². The summed E-state index contributed by atoms with van der Waals surface area (Å²) < 4.78 is 11.4. The summed E-state index contributed by atoms with van der Waals surface area (Å²) in [5.41, 5.74) is 12.1. The van der Waals surface area contributed by atoms with Gasteiger partial charge < -0.3 is 4.74 Å². The van der Waals surface area contributed by atoms with Gasteiger partial charge in [-0.2, -0.15) is 0 Å². The Balaban J connectivity index is 1.18. The number of imidazole rings is 1. The first-order valence-corrected chi connectivity index (χ1v) is 18.9. The molecule has 4 aromatic heterocycles. The Kier molecular flexibility index (Phi) is 7.43. The predicted molar refractivity (Wildman–Crippen MR) is 228 cm³/mol. The SMILES string of the molecule is Cc1ccccc1-c1nc2c3cc(Oc4ccc5c6ccccc6n(-c6cc(C(C)(C)C)ccn6)c5c4)ccc3c3ccccc3n2c1-c1ccccc1C. The van der Waals surface area contributed by atoms with Crippen LogP contribution in [0.25, 0.3) is 77.5 Å². The van der Waals surface area contributed by atoms with Crippen LogP contribution in [0.3, 0.4) is 0 Å². The predicted octanol–water partition coefficient (Wildman–Crippen LogP) is 13.2. The lowest BCUT2D eigenvalue weighted by atomic mass is 9.88. The van der Waals surface area contributed by atoms with Gasteiger partial charge in [0, 0.05) is 44.9 Å². The van der Waals surface area contributed by atoms with Gasteiger partial charge in [0.25, 0.3) is 0 Å². The molecule has 0 N–H and O–H groups in total. The Hall–Kier alpha value is -6.72.